The molecule has 3 rings (SSSR count). The van der Waals surface area contributed by atoms with Crippen molar-refractivity contribution in [3.05, 3.63) is 65.2 Å². The number of methoxy groups -OCH3 is 1. The first-order chi connectivity index (χ1) is 12.6. The molecule has 0 saturated carbocycles. The predicted molar refractivity (Wildman–Crippen MR) is 100.0 cm³/mol. The van der Waals surface area contributed by atoms with Crippen molar-refractivity contribution < 1.29 is 14.3 Å². The van der Waals surface area contributed by atoms with E-state index in [1.165, 1.54) is 10.5 Å². The number of aryl methyl sites for hydroxylation is 2. The van der Waals surface area contributed by atoms with Gasteiger partial charge in [0.05, 0.1) is 13.7 Å². The van der Waals surface area contributed by atoms with E-state index in [4.69, 9.17) is 4.74 Å². The Hall–Kier alpha value is -2.82. The molecule has 1 aliphatic rings. The number of carbonyl (C=O) groups is 2. The third-order valence-corrected chi connectivity index (χ3v) is 4.69. The number of hydrogen-bond acceptors (Lipinski definition) is 3. The molecular formula is C21H24N2O3. The van der Waals surface area contributed by atoms with E-state index < -0.39 is 6.04 Å². The normalized spacial score (nSPS) is 16.7. The first kappa shape index (κ1) is 18.0. The van der Waals surface area contributed by atoms with E-state index in [0.29, 0.717) is 13.0 Å². The molecule has 2 aromatic rings. The van der Waals surface area contributed by atoms with Crippen molar-refractivity contribution in [3.8, 4) is 5.75 Å². The molecule has 0 aromatic heterocycles. The van der Waals surface area contributed by atoms with Gasteiger partial charge in [-0.2, -0.15) is 0 Å². The number of hydrogen-bond donors (Lipinski definition) is 1. The predicted octanol–water partition coefficient (Wildman–Crippen LogP) is 3.45. The number of ether oxygens (including phenoxy) is 1. The van der Waals surface area contributed by atoms with Gasteiger partial charge in [-0.1, -0.05) is 42.0 Å². The SMILES string of the molecule is COc1ccc(CCCC2NC(=O)N(Cc3ccc(C)cc3)C2=O)cc1. The van der Waals surface area contributed by atoms with Crippen molar-refractivity contribution in [2.45, 2.75) is 38.8 Å². The van der Waals surface area contributed by atoms with Crippen LogP contribution in [-0.2, 0) is 17.8 Å². The van der Waals surface area contributed by atoms with Crippen molar-refractivity contribution in [2.75, 3.05) is 7.11 Å². The maximum absolute atomic E-state index is 12.5. The third-order valence-electron chi connectivity index (χ3n) is 4.69. The minimum Gasteiger partial charge on any atom is -0.497 e. The number of nitrogens with one attached hydrogen (secondary N) is 1. The van der Waals surface area contributed by atoms with Crippen LogP contribution in [0.1, 0.15) is 29.5 Å². The van der Waals surface area contributed by atoms with Gasteiger partial charge in [-0.05, 0) is 49.4 Å². The zero-order valence-electron chi connectivity index (χ0n) is 15.2. The summed E-state index contributed by atoms with van der Waals surface area (Å²) in [6, 6.07) is 15.1. The van der Waals surface area contributed by atoms with Gasteiger partial charge in [-0.15, -0.1) is 0 Å². The molecule has 0 radical (unpaired) electrons. The van der Waals surface area contributed by atoms with E-state index in [0.717, 1.165) is 29.7 Å². The van der Waals surface area contributed by atoms with Gasteiger partial charge in [0.1, 0.15) is 11.8 Å². The van der Waals surface area contributed by atoms with E-state index in [1.807, 2.05) is 55.5 Å². The fraction of sp³-hybridized carbons (Fsp3) is 0.333. The topological polar surface area (TPSA) is 58.6 Å². The van der Waals surface area contributed by atoms with Gasteiger partial charge >= 0.3 is 6.03 Å². The summed E-state index contributed by atoms with van der Waals surface area (Å²) >= 11 is 0. The summed E-state index contributed by atoms with van der Waals surface area (Å²) in [6.45, 7) is 2.33. The lowest BCUT2D eigenvalue weighted by atomic mass is 10.0. The number of nitrogens with zero attached hydrogens (tertiary/aromatic N) is 1. The lowest BCUT2D eigenvalue weighted by Crippen LogP contribution is -2.31. The van der Waals surface area contributed by atoms with Crippen LogP contribution in [0.3, 0.4) is 0 Å². The molecule has 1 aliphatic heterocycles. The highest BCUT2D eigenvalue weighted by Gasteiger charge is 2.37. The Labute approximate surface area is 154 Å². The van der Waals surface area contributed by atoms with Crippen LogP contribution in [0.25, 0.3) is 0 Å². The smallest absolute Gasteiger partial charge is 0.325 e. The Bertz CT molecular complexity index is 769. The first-order valence-electron chi connectivity index (χ1n) is 8.87. The summed E-state index contributed by atoms with van der Waals surface area (Å²) in [5, 5.41) is 2.81. The highest BCUT2D eigenvalue weighted by Crippen LogP contribution is 2.18. The van der Waals surface area contributed by atoms with E-state index in [1.54, 1.807) is 7.11 Å². The lowest BCUT2D eigenvalue weighted by molar-refractivity contribution is -0.128. The van der Waals surface area contributed by atoms with Crippen molar-refractivity contribution in [2.24, 2.45) is 0 Å². The van der Waals surface area contributed by atoms with Crippen LogP contribution in [0.15, 0.2) is 48.5 Å². The van der Waals surface area contributed by atoms with Gasteiger partial charge in [-0.25, -0.2) is 4.79 Å². The van der Waals surface area contributed by atoms with Crippen LogP contribution in [0, 0.1) is 6.92 Å². The third kappa shape index (κ3) is 4.23. The molecule has 0 bridgehead atoms. The molecule has 3 amide bonds. The molecule has 2 aromatic carbocycles. The monoisotopic (exact) mass is 352 g/mol. The molecule has 136 valence electrons. The molecule has 0 aliphatic carbocycles. The largest absolute Gasteiger partial charge is 0.497 e. The zero-order chi connectivity index (χ0) is 18.5. The Morgan fingerprint density at radius 3 is 2.31 bits per heavy atom. The Morgan fingerprint density at radius 2 is 1.65 bits per heavy atom. The van der Waals surface area contributed by atoms with Crippen LogP contribution >= 0.6 is 0 Å². The van der Waals surface area contributed by atoms with Gasteiger partial charge in [0.25, 0.3) is 5.91 Å². The molecule has 5 nitrogen and oxygen atoms in total. The molecule has 5 heteroatoms. The molecule has 0 spiro atoms. The summed E-state index contributed by atoms with van der Waals surface area (Å²) in [4.78, 5) is 26.0. The second-order valence-electron chi connectivity index (χ2n) is 6.65. The number of amides is 3. The second kappa shape index (κ2) is 8.04. The minimum atomic E-state index is -0.425. The van der Waals surface area contributed by atoms with Gasteiger partial charge in [0.15, 0.2) is 0 Å². The molecule has 1 saturated heterocycles. The number of rotatable bonds is 7. The average Bonchev–Trinajstić information content (AvgIpc) is 2.92. The number of carbonyl (C=O) groups excluding carboxylic acids is 2. The molecule has 1 unspecified atom stereocenters. The van der Waals surface area contributed by atoms with Gasteiger partial charge in [0.2, 0.25) is 0 Å². The Balaban J connectivity index is 1.52. The molecule has 1 heterocycles. The fourth-order valence-corrected chi connectivity index (χ4v) is 3.10. The van der Waals surface area contributed by atoms with Crippen molar-refractivity contribution >= 4 is 11.9 Å². The summed E-state index contributed by atoms with van der Waals surface area (Å²) in [6.07, 6.45) is 2.34. The van der Waals surface area contributed by atoms with Crippen LogP contribution < -0.4 is 10.1 Å². The summed E-state index contributed by atoms with van der Waals surface area (Å²) in [5.41, 5.74) is 3.31. The Morgan fingerprint density at radius 1 is 1.00 bits per heavy atom. The van der Waals surface area contributed by atoms with Gasteiger partial charge in [0, 0.05) is 0 Å². The fourth-order valence-electron chi connectivity index (χ4n) is 3.10. The first-order valence-corrected chi connectivity index (χ1v) is 8.87. The number of urea groups is 1. The Kier molecular flexibility index (Phi) is 5.56. The van der Waals surface area contributed by atoms with Gasteiger partial charge in [-0.3, -0.25) is 9.69 Å². The average molecular weight is 352 g/mol. The molecule has 1 fully saturated rings. The highest BCUT2D eigenvalue weighted by atomic mass is 16.5. The van der Waals surface area contributed by atoms with E-state index in [9.17, 15) is 9.59 Å². The van der Waals surface area contributed by atoms with Crippen molar-refractivity contribution in [3.63, 3.8) is 0 Å². The summed E-state index contributed by atoms with van der Waals surface area (Å²) in [7, 11) is 1.64. The number of benzene rings is 2. The molecule has 26 heavy (non-hydrogen) atoms. The van der Waals surface area contributed by atoms with Crippen molar-refractivity contribution in [1.82, 2.24) is 10.2 Å². The maximum Gasteiger partial charge on any atom is 0.325 e. The molecule has 1 N–H and O–H groups in total. The highest BCUT2D eigenvalue weighted by molar-refractivity contribution is 6.04. The summed E-state index contributed by atoms with van der Waals surface area (Å²) < 4.78 is 5.15. The van der Waals surface area contributed by atoms with Crippen LogP contribution in [0.2, 0.25) is 0 Å². The summed E-state index contributed by atoms with van der Waals surface area (Å²) in [5.74, 6) is 0.698. The zero-order valence-corrected chi connectivity index (χ0v) is 15.2. The van der Waals surface area contributed by atoms with Crippen molar-refractivity contribution in [1.29, 1.82) is 0 Å². The minimum absolute atomic E-state index is 0.134. The van der Waals surface area contributed by atoms with Crippen LogP contribution in [-0.4, -0.2) is 30.0 Å². The lowest BCUT2D eigenvalue weighted by Gasteiger charge is -2.13. The van der Waals surface area contributed by atoms with E-state index >= 15 is 0 Å². The van der Waals surface area contributed by atoms with Crippen LogP contribution in [0.5, 0.6) is 5.75 Å². The number of imide groups is 1. The van der Waals surface area contributed by atoms with Crippen LogP contribution in [0.4, 0.5) is 4.79 Å². The van der Waals surface area contributed by atoms with E-state index in [2.05, 4.69) is 5.32 Å². The quantitative estimate of drug-likeness (QED) is 0.777. The standard InChI is InChI=1S/C21H24N2O3/c1-15-6-8-17(9-7-15)14-23-20(24)19(22-21(23)25)5-3-4-16-10-12-18(26-2)13-11-16/h6-13,19H,3-5,14H2,1-2H3,(H,22,25). The maximum atomic E-state index is 12.5. The molecular weight excluding hydrogens is 328 g/mol. The van der Waals surface area contributed by atoms with E-state index in [-0.39, 0.29) is 11.9 Å². The van der Waals surface area contributed by atoms with Gasteiger partial charge < -0.3 is 10.1 Å². The second-order valence-corrected chi connectivity index (χ2v) is 6.65. The molecule has 1 atom stereocenters.